The van der Waals surface area contributed by atoms with Crippen LogP contribution in [0.4, 0.5) is 0 Å². The van der Waals surface area contributed by atoms with Gasteiger partial charge in [-0.1, -0.05) is 0 Å². The Bertz CT molecular complexity index is 543. The van der Waals surface area contributed by atoms with Crippen LogP contribution in [0.5, 0.6) is 0 Å². The second-order valence-corrected chi connectivity index (χ2v) is 5.68. The first kappa shape index (κ1) is 16.7. The van der Waals surface area contributed by atoms with E-state index < -0.39 is 0 Å². The van der Waals surface area contributed by atoms with Gasteiger partial charge < -0.3 is 10.1 Å². The highest BCUT2D eigenvalue weighted by molar-refractivity contribution is 5.68. The van der Waals surface area contributed by atoms with Gasteiger partial charge in [-0.15, -0.1) is 0 Å². The van der Waals surface area contributed by atoms with Gasteiger partial charge in [-0.3, -0.25) is 9.36 Å². The lowest BCUT2D eigenvalue weighted by Gasteiger charge is -2.21. The number of unbranched alkanes of at least 4 members (excludes halogenated alkanes) is 1. The molecule has 0 aromatic carbocycles. The minimum Gasteiger partial charge on any atom is -0.469 e. The van der Waals surface area contributed by atoms with Crippen LogP contribution in [0.1, 0.15) is 50.8 Å². The Morgan fingerprint density at radius 2 is 2.27 bits per heavy atom. The molecule has 7 heteroatoms. The van der Waals surface area contributed by atoms with E-state index in [2.05, 4.69) is 15.2 Å². The highest BCUT2D eigenvalue weighted by atomic mass is 16.5. The number of esters is 1. The van der Waals surface area contributed by atoms with Crippen LogP contribution in [0.3, 0.4) is 0 Å². The molecular formula is C15H26N4O3. The minimum atomic E-state index is -0.208. The number of aryl methyl sites for hydroxylation is 1. The van der Waals surface area contributed by atoms with Gasteiger partial charge in [-0.05, 0) is 39.2 Å². The number of piperidine rings is 1. The molecule has 22 heavy (non-hydrogen) atoms. The average Bonchev–Trinajstić information content (AvgIpc) is 2.88. The summed E-state index contributed by atoms with van der Waals surface area (Å²) in [5, 5.41) is 7.92. The Morgan fingerprint density at radius 1 is 1.45 bits per heavy atom. The topological polar surface area (TPSA) is 78.2 Å². The maximum Gasteiger partial charge on any atom is 0.345 e. The maximum atomic E-state index is 12.4. The van der Waals surface area contributed by atoms with Crippen LogP contribution >= 0.6 is 0 Å². The summed E-state index contributed by atoms with van der Waals surface area (Å²) in [5.41, 5.74) is -0.0406. The van der Waals surface area contributed by atoms with E-state index in [1.165, 1.54) is 7.11 Å². The summed E-state index contributed by atoms with van der Waals surface area (Å²) in [6.45, 7) is 5.10. The van der Waals surface area contributed by atoms with E-state index >= 15 is 0 Å². The summed E-state index contributed by atoms with van der Waals surface area (Å²) in [7, 11) is 1.39. The zero-order chi connectivity index (χ0) is 15.9. The molecule has 1 N–H and O–H groups in total. The zero-order valence-electron chi connectivity index (χ0n) is 13.5. The fourth-order valence-electron chi connectivity index (χ4n) is 2.91. The van der Waals surface area contributed by atoms with Crippen LogP contribution in [0.2, 0.25) is 0 Å². The fourth-order valence-corrected chi connectivity index (χ4v) is 2.91. The van der Waals surface area contributed by atoms with Crippen molar-refractivity contribution in [1.29, 1.82) is 0 Å². The SMILES string of the molecule is CCn1c([C@@H]2CCCNC2)nn(CCCCC(=O)OC)c1=O. The standard InChI is InChI=1S/C15H26N4O3/c1-3-18-14(12-7-6-9-16-11-12)17-19(15(18)21)10-5-4-8-13(20)22-2/h12,16H,3-11H2,1-2H3/t12-/m1/s1. The number of nitrogens with one attached hydrogen (secondary N) is 1. The smallest absolute Gasteiger partial charge is 0.345 e. The van der Waals surface area contributed by atoms with Crippen molar-refractivity contribution >= 4 is 5.97 Å². The number of nitrogens with zero attached hydrogens (tertiary/aromatic N) is 3. The molecule has 0 saturated carbocycles. The molecule has 7 nitrogen and oxygen atoms in total. The third kappa shape index (κ3) is 3.97. The Kier molecular flexibility index (Phi) is 6.18. The average molecular weight is 310 g/mol. The van der Waals surface area contributed by atoms with Crippen LogP contribution in [-0.2, 0) is 22.6 Å². The quantitative estimate of drug-likeness (QED) is 0.597. The molecule has 1 aromatic rings. The molecule has 1 aliphatic heterocycles. The van der Waals surface area contributed by atoms with Crippen LogP contribution in [-0.4, -0.2) is 40.5 Å². The van der Waals surface area contributed by atoms with Gasteiger partial charge in [0.25, 0.3) is 0 Å². The summed E-state index contributed by atoms with van der Waals surface area (Å²) in [4.78, 5) is 23.5. The van der Waals surface area contributed by atoms with Crippen molar-refractivity contribution in [2.75, 3.05) is 20.2 Å². The number of methoxy groups -OCH3 is 1. The van der Waals surface area contributed by atoms with Crippen molar-refractivity contribution in [2.24, 2.45) is 0 Å². The van der Waals surface area contributed by atoms with E-state index in [4.69, 9.17) is 0 Å². The largest absolute Gasteiger partial charge is 0.469 e. The van der Waals surface area contributed by atoms with Gasteiger partial charge in [0.15, 0.2) is 0 Å². The molecule has 0 amide bonds. The van der Waals surface area contributed by atoms with Gasteiger partial charge in [0.2, 0.25) is 0 Å². The molecule has 1 atom stereocenters. The first-order valence-corrected chi connectivity index (χ1v) is 8.12. The Balaban J connectivity index is 2.01. The molecule has 1 aliphatic rings. The van der Waals surface area contributed by atoms with E-state index in [9.17, 15) is 9.59 Å². The lowest BCUT2D eigenvalue weighted by atomic mass is 9.99. The molecule has 1 fully saturated rings. The molecule has 0 bridgehead atoms. The zero-order valence-corrected chi connectivity index (χ0v) is 13.5. The second-order valence-electron chi connectivity index (χ2n) is 5.68. The first-order chi connectivity index (χ1) is 10.7. The summed E-state index contributed by atoms with van der Waals surface area (Å²) in [5.74, 6) is 1.01. The summed E-state index contributed by atoms with van der Waals surface area (Å²) in [6, 6.07) is 0. The lowest BCUT2D eigenvalue weighted by Crippen LogP contribution is -2.31. The van der Waals surface area contributed by atoms with Crippen molar-refractivity contribution in [1.82, 2.24) is 19.7 Å². The van der Waals surface area contributed by atoms with E-state index in [1.807, 2.05) is 6.92 Å². The summed E-state index contributed by atoms with van der Waals surface area (Å²) >= 11 is 0. The number of hydrogen-bond donors (Lipinski definition) is 1. The summed E-state index contributed by atoms with van der Waals surface area (Å²) in [6.07, 6.45) is 4.04. The van der Waals surface area contributed by atoms with Gasteiger partial charge in [0, 0.05) is 32.0 Å². The normalized spacial score (nSPS) is 18.4. The molecule has 2 rings (SSSR count). The molecule has 0 spiro atoms. The lowest BCUT2D eigenvalue weighted by molar-refractivity contribution is -0.140. The number of hydrogen-bond acceptors (Lipinski definition) is 5. The van der Waals surface area contributed by atoms with Gasteiger partial charge >= 0.3 is 11.7 Å². The molecule has 0 unspecified atom stereocenters. The number of carbonyl (C=O) groups excluding carboxylic acids is 1. The van der Waals surface area contributed by atoms with Crippen LogP contribution in [0.25, 0.3) is 0 Å². The minimum absolute atomic E-state index is 0.0406. The van der Waals surface area contributed by atoms with E-state index in [0.717, 1.165) is 38.2 Å². The fraction of sp³-hybridized carbons (Fsp3) is 0.800. The predicted octanol–water partition coefficient (Wildman–Crippen LogP) is 0.875. The highest BCUT2D eigenvalue weighted by Gasteiger charge is 2.23. The van der Waals surface area contributed by atoms with E-state index in [1.54, 1.807) is 9.25 Å². The Morgan fingerprint density at radius 3 is 2.91 bits per heavy atom. The molecule has 2 heterocycles. The van der Waals surface area contributed by atoms with Crippen molar-refractivity contribution in [3.63, 3.8) is 0 Å². The molecule has 1 saturated heterocycles. The van der Waals surface area contributed by atoms with Gasteiger partial charge in [0.1, 0.15) is 5.82 Å². The van der Waals surface area contributed by atoms with Crippen molar-refractivity contribution in [3.8, 4) is 0 Å². The first-order valence-electron chi connectivity index (χ1n) is 8.12. The van der Waals surface area contributed by atoms with E-state index in [0.29, 0.717) is 31.8 Å². The molecule has 1 aromatic heterocycles. The third-order valence-corrected chi connectivity index (χ3v) is 4.16. The second kappa shape index (κ2) is 8.12. The van der Waals surface area contributed by atoms with Crippen LogP contribution in [0, 0.1) is 0 Å². The van der Waals surface area contributed by atoms with Gasteiger partial charge in [-0.2, -0.15) is 5.10 Å². The maximum absolute atomic E-state index is 12.4. The van der Waals surface area contributed by atoms with Crippen LogP contribution < -0.4 is 11.0 Å². The Hall–Kier alpha value is -1.63. The number of rotatable bonds is 7. The number of carbonyl (C=O) groups is 1. The molecule has 0 radical (unpaired) electrons. The third-order valence-electron chi connectivity index (χ3n) is 4.16. The molecule has 0 aliphatic carbocycles. The monoisotopic (exact) mass is 310 g/mol. The number of aromatic nitrogens is 3. The molecule has 124 valence electrons. The number of ether oxygens (including phenoxy) is 1. The molecular weight excluding hydrogens is 284 g/mol. The predicted molar refractivity (Wildman–Crippen MR) is 82.9 cm³/mol. The van der Waals surface area contributed by atoms with Crippen LogP contribution in [0.15, 0.2) is 4.79 Å². The highest BCUT2D eigenvalue weighted by Crippen LogP contribution is 2.20. The summed E-state index contributed by atoms with van der Waals surface area (Å²) < 4.78 is 7.93. The van der Waals surface area contributed by atoms with Crippen molar-refractivity contribution in [2.45, 2.75) is 58.0 Å². The van der Waals surface area contributed by atoms with Crippen molar-refractivity contribution < 1.29 is 9.53 Å². The van der Waals surface area contributed by atoms with Gasteiger partial charge in [0.05, 0.1) is 7.11 Å². The van der Waals surface area contributed by atoms with Crippen molar-refractivity contribution in [3.05, 3.63) is 16.3 Å². The Labute approximate surface area is 130 Å². The van der Waals surface area contributed by atoms with Gasteiger partial charge in [-0.25, -0.2) is 9.48 Å². The van der Waals surface area contributed by atoms with E-state index in [-0.39, 0.29) is 11.7 Å².